The molecule has 1 aromatic rings. The van der Waals surface area contributed by atoms with E-state index in [9.17, 15) is 17.2 Å². The molecule has 0 aliphatic rings. The maximum absolute atomic E-state index is 12.4. The van der Waals surface area contributed by atoms with E-state index in [-0.39, 0.29) is 10.7 Å². The lowest BCUT2D eigenvalue weighted by Gasteiger charge is -2.20. The van der Waals surface area contributed by atoms with Gasteiger partial charge < -0.3 is 10.8 Å². The van der Waals surface area contributed by atoms with E-state index in [1.54, 1.807) is 6.92 Å². The van der Waals surface area contributed by atoms with Gasteiger partial charge in [0.25, 0.3) is 6.43 Å². The van der Waals surface area contributed by atoms with Crippen LogP contribution in [0.5, 0.6) is 0 Å². The highest BCUT2D eigenvalue weighted by Crippen LogP contribution is 2.21. The molecule has 0 unspecified atom stereocenters. The first-order valence-electron chi connectivity index (χ1n) is 5.55. The summed E-state index contributed by atoms with van der Waals surface area (Å²) in [6, 6.07) is 0. The Morgan fingerprint density at radius 2 is 2.21 bits per heavy atom. The molecule has 1 rings (SSSR count). The number of aromatic nitrogens is 2. The van der Waals surface area contributed by atoms with Crippen LogP contribution < -0.4 is 5.73 Å². The molecule has 0 aliphatic heterocycles. The number of hydrogen-bond acceptors (Lipinski definition) is 5. The van der Waals surface area contributed by atoms with Gasteiger partial charge in [0.2, 0.25) is 10.0 Å². The third-order valence-electron chi connectivity index (χ3n) is 2.39. The van der Waals surface area contributed by atoms with Crippen molar-refractivity contribution in [3.8, 4) is 0 Å². The van der Waals surface area contributed by atoms with Crippen molar-refractivity contribution in [1.82, 2.24) is 14.1 Å². The SMILES string of the molecule is CCn1cc(S(=O)(=O)N(CCO)CC(F)F)c(N)n1. The molecule has 1 aromatic heterocycles. The zero-order valence-corrected chi connectivity index (χ0v) is 11.1. The molecule has 0 bridgehead atoms. The average Bonchev–Trinajstić information content (AvgIpc) is 2.70. The van der Waals surface area contributed by atoms with Gasteiger partial charge in [-0.2, -0.15) is 9.40 Å². The van der Waals surface area contributed by atoms with E-state index in [4.69, 9.17) is 10.8 Å². The first-order chi connectivity index (χ1) is 8.82. The molecular weight excluding hydrogens is 282 g/mol. The van der Waals surface area contributed by atoms with Crippen LogP contribution in [0.4, 0.5) is 14.6 Å². The van der Waals surface area contributed by atoms with Crippen LogP contribution in [0.25, 0.3) is 0 Å². The number of nitrogens with two attached hydrogens (primary N) is 1. The third-order valence-corrected chi connectivity index (χ3v) is 4.27. The van der Waals surface area contributed by atoms with E-state index in [0.29, 0.717) is 10.8 Å². The topological polar surface area (TPSA) is 101 Å². The number of aryl methyl sites for hydroxylation is 1. The molecule has 3 N–H and O–H groups in total. The Bertz CT molecular complexity index is 518. The van der Waals surface area contributed by atoms with E-state index in [1.807, 2.05) is 0 Å². The van der Waals surface area contributed by atoms with Gasteiger partial charge >= 0.3 is 0 Å². The van der Waals surface area contributed by atoms with Crippen molar-refractivity contribution in [2.45, 2.75) is 24.8 Å². The summed E-state index contributed by atoms with van der Waals surface area (Å²) in [4.78, 5) is -0.330. The van der Waals surface area contributed by atoms with Gasteiger partial charge in [0.1, 0.15) is 4.90 Å². The lowest BCUT2D eigenvalue weighted by atomic mass is 10.6. The quantitative estimate of drug-likeness (QED) is 0.722. The number of nitrogen functional groups attached to an aromatic ring is 1. The van der Waals surface area contributed by atoms with Crippen molar-refractivity contribution < 1.29 is 22.3 Å². The van der Waals surface area contributed by atoms with Crippen LogP contribution in [0.2, 0.25) is 0 Å². The minimum absolute atomic E-state index is 0.251. The fraction of sp³-hybridized carbons (Fsp3) is 0.667. The second-order valence-electron chi connectivity index (χ2n) is 3.71. The molecule has 0 aliphatic carbocycles. The van der Waals surface area contributed by atoms with Crippen LogP contribution in [0.3, 0.4) is 0 Å². The van der Waals surface area contributed by atoms with E-state index in [2.05, 4.69) is 5.10 Å². The van der Waals surface area contributed by atoms with Crippen molar-refractivity contribution >= 4 is 15.8 Å². The highest BCUT2D eigenvalue weighted by molar-refractivity contribution is 7.89. The summed E-state index contributed by atoms with van der Waals surface area (Å²) in [5, 5.41) is 12.5. The maximum atomic E-state index is 12.4. The number of alkyl halides is 2. The Labute approximate surface area is 109 Å². The number of rotatable bonds is 7. The van der Waals surface area contributed by atoms with Gasteiger partial charge in [0, 0.05) is 19.3 Å². The molecule has 7 nitrogen and oxygen atoms in total. The minimum Gasteiger partial charge on any atom is -0.395 e. The van der Waals surface area contributed by atoms with Crippen LogP contribution in [-0.4, -0.2) is 53.7 Å². The summed E-state index contributed by atoms with van der Waals surface area (Å²) in [7, 11) is -4.19. The van der Waals surface area contributed by atoms with Gasteiger partial charge in [0.15, 0.2) is 5.82 Å². The van der Waals surface area contributed by atoms with Gasteiger partial charge in [-0.3, -0.25) is 4.68 Å². The molecule has 19 heavy (non-hydrogen) atoms. The normalized spacial score (nSPS) is 12.5. The van der Waals surface area contributed by atoms with Crippen molar-refractivity contribution in [3.63, 3.8) is 0 Å². The molecule has 0 aromatic carbocycles. The fourth-order valence-corrected chi connectivity index (χ4v) is 2.96. The Morgan fingerprint density at radius 1 is 1.58 bits per heavy atom. The Hall–Kier alpha value is -1.26. The zero-order chi connectivity index (χ0) is 14.6. The summed E-state index contributed by atoms with van der Waals surface area (Å²) in [6.45, 7) is 0.138. The highest BCUT2D eigenvalue weighted by Gasteiger charge is 2.30. The van der Waals surface area contributed by atoms with Crippen LogP contribution in [-0.2, 0) is 16.6 Å². The van der Waals surface area contributed by atoms with Crippen molar-refractivity contribution in [1.29, 1.82) is 0 Å². The smallest absolute Gasteiger partial charge is 0.252 e. The molecule has 10 heteroatoms. The lowest BCUT2D eigenvalue weighted by molar-refractivity contribution is 0.113. The Kier molecular flexibility index (Phi) is 5.20. The third kappa shape index (κ3) is 3.61. The second-order valence-corrected chi connectivity index (χ2v) is 5.62. The molecule has 0 amide bonds. The van der Waals surface area contributed by atoms with E-state index < -0.39 is 36.1 Å². The maximum Gasteiger partial charge on any atom is 0.252 e. The van der Waals surface area contributed by atoms with Crippen molar-refractivity contribution in [2.75, 3.05) is 25.4 Å². The van der Waals surface area contributed by atoms with E-state index in [0.717, 1.165) is 0 Å². The predicted molar refractivity (Wildman–Crippen MR) is 64.2 cm³/mol. The summed E-state index contributed by atoms with van der Waals surface area (Å²) < 4.78 is 50.9. The first kappa shape index (κ1) is 15.8. The molecular formula is C9H16F2N4O3S. The Morgan fingerprint density at radius 3 is 2.63 bits per heavy atom. The van der Waals surface area contributed by atoms with Crippen LogP contribution in [0.1, 0.15) is 6.92 Å². The number of sulfonamides is 1. The number of hydrogen-bond donors (Lipinski definition) is 2. The van der Waals surface area contributed by atoms with Gasteiger partial charge in [-0.05, 0) is 6.92 Å². The molecule has 0 radical (unpaired) electrons. The molecule has 0 fully saturated rings. The predicted octanol–water partition coefficient (Wildman–Crippen LogP) is -0.267. The minimum atomic E-state index is -4.19. The van der Waals surface area contributed by atoms with Crippen molar-refractivity contribution in [2.24, 2.45) is 0 Å². The van der Waals surface area contributed by atoms with E-state index in [1.165, 1.54) is 10.9 Å². The number of anilines is 1. The number of nitrogens with zero attached hydrogens (tertiary/aromatic N) is 3. The molecule has 0 saturated carbocycles. The van der Waals surface area contributed by atoms with Gasteiger partial charge in [-0.15, -0.1) is 0 Å². The lowest BCUT2D eigenvalue weighted by Crippen LogP contribution is -2.37. The van der Waals surface area contributed by atoms with Crippen LogP contribution in [0, 0.1) is 0 Å². The standard InChI is InChI=1S/C9H16F2N4O3S/c1-2-14-5-7(9(12)13-14)19(17,18)15(3-4-16)6-8(10)11/h5,8,16H,2-4,6H2,1H3,(H2,12,13). The number of aliphatic hydroxyl groups excluding tert-OH is 1. The summed E-state index contributed by atoms with van der Waals surface area (Å²) in [6.07, 6.45) is -1.66. The fourth-order valence-electron chi connectivity index (χ4n) is 1.49. The molecule has 0 spiro atoms. The molecule has 110 valence electrons. The highest BCUT2D eigenvalue weighted by atomic mass is 32.2. The first-order valence-corrected chi connectivity index (χ1v) is 6.99. The molecule has 0 atom stereocenters. The van der Waals surface area contributed by atoms with E-state index >= 15 is 0 Å². The second kappa shape index (κ2) is 6.26. The molecule has 1 heterocycles. The van der Waals surface area contributed by atoms with Crippen LogP contribution >= 0.6 is 0 Å². The number of aliphatic hydroxyl groups is 1. The van der Waals surface area contributed by atoms with Gasteiger partial charge in [-0.1, -0.05) is 0 Å². The summed E-state index contributed by atoms with van der Waals surface area (Å²) >= 11 is 0. The zero-order valence-electron chi connectivity index (χ0n) is 10.3. The van der Waals surface area contributed by atoms with Gasteiger partial charge in [-0.25, -0.2) is 17.2 Å². The monoisotopic (exact) mass is 298 g/mol. The van der Waals surface area contributed by atoms with Crippen LogP contribution in [0.15, 0.2) is 11.1 Å². The average molecular weight is 298 g/mol. The summed E-state index contributed by atoms with van der Waals surface area (Å²) in [5.74, 6) is -0.251. The Balaban J connectivity index is 3.14. The molecule has 0 saturated heterocycles. The summed E-state index contributed by atoms with van der Waals surface area (Å²) in [5.41, 5.74) is 5.48. The number of halogens is 2. The van der Waals surface area contributed by atoms with Crippen molar-refractivity contribution in [3.05, 3.63) is 6.20 Å². The largest absolute Gasteiger partial charge is 0.395 e. The van der Waals surface area contributed by atoms with Gasteiger partial charge in [0.05, 0.1) is 13.2 Å².